The molecule has 1 unspecified atom stereocenters. The fourth-order valence-electron chi connectivity index (χ4n) is 2.67. The molecule has 4 nitrogen and oxygen atoms in total. The Morgan fingerprint density at radius 3 is 2.83 bits per heavy atom. The molecule has 1 atom stereocenters. The van der Waals surface area contributed by atoms with E-state index in [9.17, 15) is 5.11 Å². The van der Waals surface area contributed by atoms with Gasteiger partial charge in [-0.1, -0.05) is 18.5 Å². The Morgan fingerprint density at radius 2 is 2.22 bits per heavy atom. The Hall–Kier alpha value is -0.580. The number of aliphatic hydroxyl groups is 1. The summed E-state index contributed by atoms with van der Waals surface area (Å²) < 4.78 is 1.99. The van der Waals surface area contributed by atoms with Gasteiger partial charge in [-0.2, -0.15) is 5.10 Å². The number of aromatic nitrogens is 2. The van der Waals surface area contributed by atoms with Crippen LogP contribution in [0, 0.1) is 0 Å². The molecule has 1 aromatic rings. The zero-order chi connectivity index (χ0) is 13.1. The molecule has 0 amide bonds. The van der Waals surface area contributed by atoms with Crippen molar-refractivity contribution in [1.29, 1.82) is 0 Å². The van der Waals surface area contributed by atoms with Crippen molar-refractivity contribution < 1.29 is 5.11 Å². The smallest absolute Gasteiger partial charge is 0.0863 e. The zero-order valence-corrected chi connectivity index (χ0v) is 11.9. The second-order valence-corrected chi connectivity index (χ2v) is 5.20. The van der Waals surface area contributed by atoms with Crippen LogP contribution in [0.3, 0.4) is 0 Å². The van der Waals surface area contributed by atoms with Crippen LogP contribution < -0.4 is 0 Å². The average Bonchev–Trinajstić information content (AvgIpc) is 2.95. The van der Waals surface area contributed by atoms with E-state index in [0.29, 0.717) is 0 Å². The molecule has 0 aromatic carbocycles. The maximum atomic E-state index is 9.36. The predicted molar refractivity (Wildman–Crippen MR) is 72.8 cm³/mol. The van der Waals surface area contributed by atoms with Crippen LogP contribution in [-0.2, 0) is 19.5 Å². The van der Waals surface area contributed by atoms with Crippen molar-refractivity contribution in [3.05, 3.63) is 16.4 Å². The zero-order valence-electron chi connectivity index (χ0n) is 11.2. The molecule has 0 bridgehead atoms. The first-order chi connectivity index (χ1) is 8.71. The van der Waals surface area contributed by atoms with Crippen LogP contribution in [0.15, 0.2) is 0 Å². The summed E-state index contributed by atoms with van der Waals surface area (Å²) in [6, 6.07) is 0.284. The van der Waals surface area contributed by atoms with Gasteiger partial charge < -0.3 is 5.11 Å². The molecule has 1 aliphatic rings. The summed E-state index contributed by atoms with van der Waals surface area (Å²) in [5, 5.41) is 14.7. The third kappa shape index (κ3) is 2.56. The third-order valence-electron chi connectivity index (χ3n) is 3.76. The van der Waals surface area contributed by atoms with Gasteiger partial charge in [0.1, 0.15) is 0 Å². The summed E-state index contributed by atoms with van der Waals surface area (Å²) in [6.07, 6.45) is 3.10. The van der Waals surface area contributed by atoms with Gasteiger partial charge in [0.2, 0.25) is 0 Å². The average molecular weight is 272 g/mol. The van der Waals surface area contributed by atoms with E-state index in [2.05, 4.69) is 23.8 Å². The van der Waals surface area contributed by atoms with Crippen LogP contribution in [0.25, 0.3) is 0 Å². The van der Waals surface area contributed by atoms with E-state index in [1.807, 2.05) is 4.68 Å². The highest BCUT2D eigenvalue weighted by molar-refractivity contribution is 6.31. The summed E-state index contributed by atoms with van der Waals surface area (Å²) >= 11 is 6.41. The minimum Gasteiger partial charge on any atom is -0.395 e. The van der Waals surface area contributed by atoms with E-state index in [4.69, 9.17) is 11.6 Å². The standard InChI is InChI=1S/C13H22ClN3O/c1-3-11-13(14)12(17(4-2)15-11)8-16-7-5-6-10(16)9-18/h10,18H,3-9H2,1-2H3. The molecule has 1 fully saturated rings. The summed E-state index contributed by atoms with van der Waals surface area (Å²) in [4.78, 5) is 2.31. The highest BCUT2D eigenvalue weighted by Gasteiger charge is 2.26. The van der Waals surface area contributed by atoms with Crippen molar-refractivity contribution in [3.8, 4) is 0 Å². The van der Waals surface area contributed by atoms with Crippen LogP contribution in [0.2, 0.25) is 5.02 Å². The number of aryl methyl sites for hydroxylation is 2. The molecule has 0 spiro atoms. The molecular weight excluding hydrogens is 250 g/mol. The van der Waals surface area contributed by atoms with E-state index in [0.717, 1.165) is 55.3 Å². The number of hydrogen-bond donors (Lipinski definition) is 1. The minimum absolute atomic E-state index is 0.235. The Morgan fingerprint density at radius 1 is 1.44 bits per heavy atom. The van der Waals surface area contributed by atoms with Gasteiger partial charge in [-0.25, -0.2) is 0 Å². The maximum Gasteiger partial charge on any atom is 0.0863 e. The highest BCUT2D eigenvalue weighted by Crippen LogP contribution is 2.26. The predicted octanol–water partition coefficient (Wildman–Crippen LogP) is 2.08. The number of hydrogen-bond acceptors (Lipinski definition) is 3. The number of likely N-dealkylation sites (tertiary alicyclic amines) is 1. The normalized spacial score (nSPS) is 20.8. The van der Waals surface area contributed by atoms with E-state index in [1.165, 1.54) is 0 Å². The SMILES string of the molecule is CCc1nn(CC)c(CN2CCCC2CO)c1Cl. The van der Waals surface area contributed by atoms with Crippen LogP contribution in [0.1, 0.15) is 38.1 Å². The molecule has 1 aliphatic heterocycles. The van der Waals surface area contributed by atoms with Crippen molar-refractivity contribution in [2.75, 3.05) is 13.2 Å². The van der Waals surface area contributed by atoms with Crippen LogP contribution in [-0.4, -0.2) is 39.0 Å². The van der Waals surface area contributed by atoms with Gasteiger partial charge in [0.05, 0.1) is 23.0 Å². The first-order valence-corrected chi connectivity index (χ1v) is 7.18. The summed E-state index contributed by atoms with van der Waals surface area (Å²) in [5.41, 5.74) is 2.07. The molecule has 0 saturated carbocycles. The highest BCUT2D eigenvalue weighted by atomic mass is 35.5. The largest absolute Gasteiger partial charge is 0.395 e. The van der Waals surface area contributed by atoms with Crippen molar-refractivity contribution in [3.63, 3.8) is 0 Å². The minimum atomic E-state index is 0.235. The second-order valence-electron chi connectivity index (χ2n) is 4.83. The van der Waals surface area contributed by atoms with Gasteiger partial charge in [0.15, 0.2) is 0 Å². The molecule has 18 heavy (non-hydrogen) atoms. The van der Waals surface area contributed by atoms with Crippen molar-refractivity contribution in [2.24, 2.45) is 0 Å². The van der Waals surface area contributed by atoms with Gasteiger partial charge in [-0.3, -0.25) is 9.58 Å². The number of rotatable bonds is 5. The lowest BCUT2D eigenvalue weighted by atomic mass is 10.2. The Labute approximate surface area is 114 Å². The van der Waals surface area contributed by atoms with E-state index < -0.39 is 0 Å². The molecule has 1 N–H and O–H groups in total. The summed E-state index contributed by atoms with van der Waals surface area (Å²) in [6.45, 7) is 7.07. The fraction of sp³-hybridized carbons (Fsp3) is 0.769. The Balaban J connectivity index is 2.19. The van der Waals surface area contributed by atoms with E-state index in [1.54, 1.807) is 0 Å². The van der Waals surface area contributed by atoms with Gasteiger partial charge in [-0.15, -0.1) is 0 Å². The first kappa shape index (κ1) is 13.8. The first-order valence-electron chi connectivity index (χ1n) is 6.80. The van der Waals surface area contributed by atoms with Gasteiger partial charge >= 0.3 is 0 Å². The number of halogens is 1. The molecular formula is C13H22ClN3O. The van der Waals surface area contributed by atoms with Gasteiger partial charge in [0.25, 0.3) is 0 Å². The lowest BCUT2D eigenvalue weighted by Gasteiger charge is -2.23. The third-order valence-corrected chi connectivity index (χ3v) is 4.19. The van der Waals surface area contributed by atoms with Crippen molar-refractivity contribution in [1.82, 2.24) is 14.7 Å². The van der Waals surface area contributed by atoms with E-state index in [-0.39, 0.29) is 12.6 Å². The lowest BCUT2D eigenvalue weighted by Crippen LogP contribution is -2.32. The monoisotopic (exact) mass is 271 g/mol. The Kier molecular flexibility index (Phi) is 4.65. The Bertz CT molecular complexity index is 405. The lowest BCUT2D eigenvalue weighted by molar-refractivity contribution is 0.151. The van der Waals surface area contributed by atoms with E-state index >= 15 is 0 Å². The fourth-order valence-corrected chi connectivity index (χ4v) is 3.00. The van der Waals surface area contributed by atoms with Crippen LogP contribution in [0.4, 0.5) is 0 Å². The molecule has 0 radical (unpaired) electrons. The van der Waals surface area contributed by atoms with Gasteiger partial charge in [-0.05, 0) is 32.7 Å². The second kappa shape index (κ2) is 6.04. The summed E-state index contributed by atoms with van der Waals surface area (Å²) in [5.74, 6) is 0. The molecule has 102 valence electrons. The molecule has 2 heterocycles. The summed E-state index contributed by atoms with van der Waals surface area (Å²) in [7, 11) is 0. The van der Waals surface area contributed by atoms with Crippen LogP contribution >= 0.6 is 11.6 Å². The van der Waals surface area contributed by atoms with Gasteiger partial charge in [0, 0.05) is 19.1 Å². The molecule has 1 aromatic heterocycles. The molecule has 0 aliphatic carbocycles. The number of nitrogens with zero attached hydrogens (tertiary/aromatic N) is 3. The quantitative estimate of drug-likeness (QED) is 0.891. The molecule has 1 saturated heterocycles. The molecule has 2 rings (SSSR count). The topological polar surface area (TPSA) is 41.3 Å². The molecule has 5 heteroatoms. The van der Waals surface area contributed by atoms with Crippen molar-refractivity contribution in [2.45, 2.75) is 52.2 Å². The maximum absolute atomic E-state index is 9.36. The van der Waals surface area contributed by atoms with Crippen molar-refractivity contribution >= 4 is 11.6 Å². The number of aliphatic hydroxyl groups excluding tert-OH is 1. The van der Waals surface area contributed by atoms with Crippen LogP contribution in [0.5, 0.6) is 0 Å².